The van der Waals surface area contributed by atoms with Gasteiger partial charge < -0.3 is 5.11 Å². The number of aromatic nitrogens is 2. The molecule has 21 heavy (non-hydrogen) atoms. The number of aliphatic hydroxyl groups is 1. The van der Waals surface area contributed by atoms with Crippen molar-refractivity contribution in [1.82, 2.24) is 9.78 Å². The minimum Gasteiger partial charge on any atom is -0.384 e. The summed E-state index contributed by atoms with van der Waals surface area (Å²) in [7, 11) is 0. The first-order chi connectivity index (χ1) is 10.0. The molecular formula is C16H16N2O3. The fourth-order valence-electron chi connectivity index (χ4n) is 1.99. The lowest BCUT2D eigenvalue weighted by molar-refractivity contribution is 0.350. The minimum absolute atomic E-state index is 0.225. The van der Waals surface area contributed by atoms with Gasteiger partial charge in [0.1, 0.15) is 6.61 Å². The molecule has 0 bridgehead atoms. The van der Waals surface area contributed by atoms with Gasteiger partial charge in [-0.05, 0) is 25.5 Å². The number of H-pyrrole nitrogens is 1. The molecule has 0 aliphatic heterocycles. The third-order valence-electron chi connectivity index (χ3n) is 3.35. The van der Waals surface area contributed by atoms with Crippen molar-refractivity contribution < 1.29 is 5.11 Å². The van der Waals surface area contributed by atoms with Crippen LogP contribution >= 0.6 is 0 Å². The Morgan fingerprint density at radius 2 is 1.90 bits per heavy atom. The zero-order valence-electron chi connectivity index (χ0n) is 11.9. The highest BCUT2D eigenvalue weighted by atomic mass is 16.2. The summed E-state index contributed by atoms with van der Waals surface area (Å²) in [5, 5.41) is 11.3. The van der Waals surface area contributed by atoms with Crippen LogP contribution in [-0.2, 0) is 6.54 Å². The average Bonchev–Trinajstić information content (AvgIpc) is 2.49. The molecule has 108 valence electrons. The molecule has 1 aromatic heterocycles. The van der Waals surface area contributed by atoms with Crippen molar-refractivity contribution in [2.45, 2.75) is 20.4 Å². The largest absolute Gasteiger partial charge is 0.384 e. The van der Waals surface area contributed by atoms with Crippen molar-refractivity contribution >= 4 is 0 Å². The van der Waals surface area contributed by atoms with E-state index in [0.29, 0.717) is 11.1 Å². The Balaban J connectivity index is 2.49. The number of hydrogen-bond donors (Lipinski definition) is 2. The van der Waals surface area contributed by atoms with E-state index in [1.54, 1.807) is 13.8 Å². The van der Waals surface area contributed by atoms with Crippen LogP contribution in [0.3, 0.4) is 0 Å². The van der Waals surface area contributed by atoms with E-state index >= 15 is 0 Å². The second-order valence-electron chi connectivity index (χ2n) is 4.70. The van der Waals surface area contributed by atoms with E-state index in [-0.39, 0.29) is 24.3 Å². The second-order valence-corrected chi connectivity index (χ2v) is 4.70. The van der Waals surface area contributed by atoms with Crippen LogP contribution in [0.5, 0.6) is 0 Å². The summed E-state index contributed by atoms with van der Waals surface area (Å²) < 4.78 is 1.28. The molecule has 2 N–H and O–H groups in total. The molecule has 2 aromatic rings. The van der Waals surface area contributed by atoms with Crippen molar-refractivity contribution in [3.63, 3.8) is 0 Å². The van der Waals surface area contributed by atoms with Crippen LogP contribution in [0.25, 0.3) is 0 Å². The van der Waals surface area contributed by atoms with Gasteiger partial charge in [0.2, 0.25) is 0 Å². The van der Waals surface area contributed by atoms with Crippen molar-refractivity contribution in [2.24, 2.45) is 0 Å². The Kier molecular flexibility index (Phi) is 4.41. The number of aliphatic hydroxyl groups excluding tert-OH is 1. The third kappa shape index (κ3) is 3.12. The van der Waals surface area contributed by atoms with Crippen LogP contribution in [0.1, 0.15) is 22.3 Å². The van der Waals surface area contributed by atoms with Gasteiger partial charge in [0.05, 0.1) is 6.54 Å². The number of nitrogens with one attached hydrogen (secondary N) is 1. The van der Waals surface area contributed by atoms with Crippen molar-refractivity contribution in [3.8, 4) is 11.8 Å². The lowest BCUT2D eigenvalue weighted by Gasteiger charge is -2.09. The van der Waals surface area contributed by atoms with E-state index in [4.69, 9.17) is 5.11 Å². The van der Waals surface area contributed by atoms with Crippen LogP contribution < -0.4 is 11.1 Å². The van der Waals surface area contributed by atoms with Gasteiger partial charge in [0.25, 0.3) is 11.1 Å². The van der Waals surface area contributed by atoms with Crippen molar-refractivity contribution in [1.29, 1.82) is 0 Å². The Morgan fingerprint density at radius 3 is 2.62 bits per heavy atom. The molecule has 0 saturated carbocycles. The van der Waals surface area contributed by atoms with Crippen LogP contribution in [0.2, 0.25) is 0 Å². The second kappa shape index (κ2) is 6.25. The summed E-state index contributed by atoms with van der Waals surface area (Å²) in [6.07, 6.45) is 0. The number of rotatable bonds is 2. The Hall–Kier alpha value is -2.58. The highest BCUT2D eigenvalue weighted by Crippen LogP contribution is 2.08. The summed E-state index contributed by atoms with van der Waals surface area (Å²) in [6, 6.07) is 7.31. The molecular weight excluding hydrogens is 268 g/mol. The molecule has 0 unspecified atom stereocenters. The summed E-state index contributed by atoms with van der Waals surface area (Å²) in [5.41, 5.74) is 1.90. The third-order valence-corrected chi connectivity index (χ3v) is 3.35. The lowest BCUT2D eigenvalue weighted by atomic mass is 10.1. The smallest absolute Gasteiger partial charge is 0.268 e. The molecule has 0 atom stereocenters. The van der Waals surface area contributed by atoms with E-state index in [0.717, 1.165) is 11.1 Å². The first-order valence-corrected chi connectivity index (χ1v) is 6.52. The first-order valence-electron chi connectivity index (χ1n) is 6.52. The van der Waals surface area contributed by atoms with E-state index < -0.39 is 0 Å². The van der Waals surface area contributed by atoms with E-state index in [1.807, 2.05) is 24.3 Å². The van der Waals surface area contributed by atoms with Gasteiger partial charge in [-0.15, -0.1) is 0 Å². The van der Waals surface area contributed by atoms with Crippen LogP contribution in [-0.4, -0.2) is 21.5 Å². The molecule has 2 rings (SSSR count). The van der Waals surface area contributed by atoms with Crippen LogP contribution in [0.4, 0.5) is 0 Å². The summed E-state index contributed by atoms with van der Waals surface area (Å²) in [5.74, 6) is 5.42. The zero-order chi connectivity index (χ0) is 15.4. The Bertz CT molecular complexity index is 835. The highest BCUT2D eigenvalue weighted by molar-refractivity contribution is 5.41. The molecule has 1 aromatic carbocycles. The molecule has 0 aliphatic carbocycles. The normalized spacial score (nSPS) is 10.0. The maximum atomic E-state index is 12.2. The molecule has 0 amide bonds. The van der Waals surface area contributed by atoms with Gasteiger partial charge in [-0.25, -0.2) is 4.68 Å². The van der Waals surface area contributed by atoms with E-state index in [2.05, 4.69) is 16.9 Å². The van der Waals surface area contributed by atoms with E-state index in [9.17, 15) is 9.59 Å². The number of aromatic amines is 1. The average molecular weight is 284 g/mol. The van der Waals surface area contributed by atoms with Crippen molar-refractivity contribution in [2.75, 3.05) is 6.61 Å². The topological polar surface area (TPSA) is 75.1 Å². The quantitative estimate of drug-likeness (QED) is 0.791. The summed E-state index contributed by atoms with van der Waals surface area (Å²) in [6.45, 7) is 3.27. The Labute approximate surface area is 121 Å². The van der Waals surface area contributed by atoms with Crippen LogP contribution in [0.15, 0.2) is 33.9 Å². The number of benzene rings is 1. The molecule has 0 fully saturated rings. The zero-order valence-corrected chi connectivity index (χ0v) is 11.9. The van der Waals surface area contributed by atoms with Gasteiger partial charge in [-0.1, -0.05) is 30.0 Å². The van der Waals surface area contributed by atoms with Gasteiger partial charge in [-0.2, -0.15) is 0 Å². The minimum atomic E-state index is -0.272. The predicted molar refractivity (Wildman–Crippen MR) is 80.3 cm³/mol. The predicted octanol–water partition coefficient (Wildman–Crippen LogP) is 0.546. The van der Waals surface area contributed by atoms with Gasteiger partial charge >= 0.3 is 0 Å². The summed E-state index contributed by atoms with van der Waals surface area (Å²) >= 11 is 0. The van der Waals surface area contributed by atoms with Gasteiger partial charge in [0, 0.05) is 16.7 Å². The molecule has 0 radical (unpaired) electrons. The molecule has 5 heteroatoms. The molecule has 0 aliphatic rings. The lowest BCUT2D eigenvalue weighted by Crippen LogP contribution is -2.33. The number of nitrogens with zero attached hydrogens (tertiary/aromatic N) is 1. The van der Waals surface area contributed by atoms with Gasteiger partial charge in [-0.3, -0.25) is 14.7 Å². The Morgan fingerprint density at radius 1 is 1.19 bits per heavy atom. The monoisotopic (exact) mass is 284 g/mol. The highest BCUT2D eigenvalue weighted by Gasteiger charge is 2.08. The molecule has 1 heterocycles. The molecule has 0 saturated heterocycles. The maximum Gasteiger partial charge on any atom is 0.268 e. The van der Waals surface area contributed by atoms with Gasteiger partial charge in [0.15, 0.2) is 0 Å². The molecule has 5 nitrogen and oxygen atoms in total. The standard InChI is InChI=1S/C16H16N2O3/c1-11-12(2)16(21)18(17-15(11)20)10-14-7-4-3-6-13(14)8-5-9-19/h3-4,6-7,19H,9-10H2,1-2H3,(H,17,20). The van der Waals surface area contributed by atoms with E-state index in [1.165, 1.54) is 4.68 Å². The number of hydrogen-bond acceptors (Lipinski definition) is 3. The summed E-state index contributed by atoms with van der Waals surface area (Å²) in [4.78, 5) is 24.0. The molecule has 0 spiro atoms. The van der Waals surface area contributed by atoms with Crippen molar-refractivity contribution in [3.05, 3.63) is 67.2 Å². The first kappa shape index (κ1) is 14.8. The fourth-order valence-corrected chi connectivity index (χ4v) is 1.99. The maximum absolute atomic E-state index is 12.2. The van der Waals surface area contributed by atoms with Crippen LogP contribution in [0, 0.1) is 25.7 Å². The SMILES string of the molecule is Cc1c(C)c(=O)n(Cc2ccccc2C#CCO)[nH]c1=O. The fraction of sp³-hybridized carbons (Fsp3) is 0.250.